The van der Waals surface area contributed by atoms with Crippen molar-refractivity contribution in [1.82, 2.24) is 24.6 Å². The van der Waals surface area contributed by atoms with E-state index in [1.807, 2.05) is 6.07 Å². The van der Waals surface area contributed by atoms with E-state index in [1.54, 1.807) is 20.8 Å². The first kappa shape index (κ1) is 21.6. The van der Waals surface area contributed by atoms with Crippen LogP contribution in [0.4, 0.5) is 22.0 Å². The van der Waals surface area contributed by atoms with E-state index in [9.17, 15) is 27.2 Å². The van der Waals surface area contributed by atoms with Gasteiger partial charge >= 0.3 is 12.1 Å². The van der Waals surface area contributed by atoms with Gasteiger partial charge in [0.05, 0.1) is 0 Å². The van der Waals surface area contributed by atoms with Crippen LogP contribution in [0.3, 0.4) is 0 Å². The van der Waals surface area contributed by atoms with Crippen LogP contribution in [-0.2, 0) is 5.92 Å². The third kappa shape index (κ3) is 3.16. The van der Waals surface area contributed by atoms with Gasteiger partial charge < -0.3 is 4.42 Å². The SMILES string of the molecule is CC(C)C(C)c1cc(C(F)(F)C(F)(F)F)c2ccc3nc(-c4nnco4)c(C#N)n3c2n1. The molecule has 4 aromatic rings. The minimum Gasteiger partial charge on any atom is -0.422 e. The molecule has 4 heterocycles. The lowest BCUT2D eigenvalue weighted by Crippen LogP contribution is -2.34. The molecule has 0 aliphatic rings. The van der Waals surface area contributed by atoms with Crippen molar-refractivity contribution in [3.8, 4) is 17.7 Å². The van der Waals surface area contributed by atoms with Crippen LogP contribution >= 0.6 is 0 Å². The van der Waals surface area contributed by atoms with E-state index in [2.05, 4.69) is 20.2 Å². The standard InChI is InChI=1S/C20H15F5N6O/c1-9(2)10(3)13-6-12(19(21,22)20(23,24)25)11-4-5-15-29-16(18-30-27-8-32-18)14(7-26)31(15)17(11)28-13/h4-6,8-10H,1-3H3. The second-order valence-corrected chi connectivity index (χ2v) is 7.63. The molecule has 0 aliphatic heterocycles. The molecule has 0 saturated carbocycles. The number of imidazole rings is 1. The molecule has 7 nitrogen and oxygen atoms in total. The molecule has 0 aromatic carbocycles. The second-order valence-electron chi connectivity index (χ2n) is 7.63. The highest BCUT2D eigenvalue weighted by atomic mass is 19.4. The van der Waals surface area contributed by atoms with Crippen molar-refractivity contribution in [3.63, 3.8) is 0 Å². The minimum atomic E-state index is -5.82. The summed E-state index contributed by atoms with van der Waals surface area (Å²) < 4.78 is 75.3. The maximum Gasteiger partial charge on any atom is 0.458 e. The molecule has 0 fully saturated rings. The molecular weight excluding hydrogens is 435 g/mol. The van der Waals surface area contributed by atoms with Crippen LogP contribution in [0.1, 0.15) is 43.6 Å². The Labute approximate surface area is 177 Å². The van der Waals surface area contributed by atoms with E-state index < -0.39 is 29.0 Å². The molecule has 12 heteroatoms. The van der Waals surface area contributed by atoms with Crippen LogP contribution in [0.15, 0.2) is 29.0 Å². The number of alkyl halides is 5. The smallest absolute Gasteiger partial charge is 0.422 e. The molecule has 166 valence electrons. The van der Waals surface area contributed by atoms with E-state index >= 15 is 0 Å². The monoisotopic (exact) mass is 450 g/mol. The van der Waals surface area contributed by atoms with Gasteiger partial charge in [0.1, 0.15) is 17.4 Å². The van der Waals surface area contributed by atoms with E-state index in [0.717, 1.165) is 22.9 Å². The zero-order valence-corrected chi connectivity index (χ0v) is 16.9. The lowest BCUT2D eigenvalue weighted by molar-refractivity contribution is -0.288. The number of nitrogens with zero attached hydrogens (tertiary/aromatic N) is 6. The first-order valence-corrected chi connectivity index (χ1v) is 9.45. The van der Waals surface area contributed by atoms with Gasteiger partial charge in [0.15, 0.2) is 11.4 Å². The largest absolute Gasteiger partial charge is 0.458 e. The van der Waals surface area contributed by atoms with Gasteiger partial charge in [-0.05, 0) is 24.1 Å². The normalized spacial score (nSPS) is 13.8. The lowest BCUT2D eigenvalue weighted by atomic mass is 9.91. The Balaban J connectivity index is 2.16. The number of rotatable bonds is 4. The summed E-state index contributed by atoms with van der Waals surface area (Å²) in [5.41, 5.74) is -1.57. The topological polar surface area (TPSA) is 92.9 Å². The third-order valence-electron chi connectivity index (χ3n) is 5.40. The first-order chi connectivity index (χ1) is 15.0. The minimum absolute atomic E-state index is 0.0363. The van der Waals surface area contributed by atoms with Crippen molar-refractivity contribution in [3.05, 3.63) is 41.5 Å². The zero-order chi connectivity index (χ0) is 23.4. The Morgan fingerprint density at radius 3 is 2.38 bits per heavy atom. The van der Waals surface area contributed by atoms with E-state index in [-0.39, 0.29) is 40.2 Å². The average Bonchev–Trinajstić information content (AvgIpc) is 3.38. The molecule has 0 amide bonds. The van der Waals surface area contributed by atoms with Crippen LogP contribution in [0.2, 0.25) is 0 Å². The van der Waals surface area contributed by atoms with Crippen LogP contribution in [0.25, 0.3) is 28.3 Å². The highest BCUT2D eigenvalue weighted by Crippen LogP contribution is 2.47. The first-order valence-electron chi connectivity index (χ1n) is 9.45. The summed E-state index contributed by atoms with van der Waals surface area (Å²) in [6.07, 6.45) is -4.81. The predicted octanol–water partition coefficient (Wildman–Crippen LogP) is 5.22. The summed E-state index contributed by atoms with van der Waals surface area (Å²) in [5, 5.41) is 16.5. The molecule has 0 bridgehead atoms. The number of pyridine rings is 2. The molecule has 32 heavy (non-hydrogen) atoms. The fourth-order valence-corrected chi connectivity index (χ4v) is 3.33. The van der Waals surface area contributed by atoms with Crippen LogP contribution < -0.4 is 0 Å². The van der Waals surface area contributed by atoms with Gasteiger partial charge in [-0.25, -0.2) is 9.97 Å². The van der Waals surface area contributed by atoms with Gasteiger partial charge in [-0.15, -0.1) is 10.2 Å². The van der Waals surface area contributed by atoms with Crippen LogP contribution in [0.5, 0.6) is 0 Å². The van der Waals surface area contributed by atoms with Gasteiger partial charge in [0.25, 0.3) is 5.89 Å². The number of hydrogen-bond donors (Lipinski definition) is 0. The Bertz CT molecular complexity index is 1350. The molecule has 0 aliphatic carbocycles. The number of nitriles is 1. The summed E-state index contributed by atoms with van der Waals surface area (Å²) >= 11 is 0. The summed E-state index contributed by atoms with van der Waals surface area (Å²) in [6.45, 7) is 5.27. The van der Waals surface area contributed by atoms with Gasteiger partial charge in [-0.2, -0.15) is 27.2 Å². The summed E-state index contributed by atoms with van der Waals surface area (Å²) in [6, 6.07) is 4.98. The van der Waals surface area contributed by atoms with E-state index in [0.29, 0.717) is 0 Å². The Morgan fingerprint density at radius 1 is 1.09 bits per heavy atom. The molecule has 0 N–H and O–H groups in total. The Hall–Kier alpha value is -3.62. The lowest BCUT2D eigenvalue weighted by Gasteiger charge is -2.24. The molecule has 4 rings (SSSR count). The van der Waals surface area contributed by atoms with Crippen molar-refractivity contribution in [1.29, 1.82) is 5.26 Å². The quantitative estimate of drug-likeness (QED) is 0.396. The van der Waals surface area contributed by atoms with Gasteiger partial charge in [0, 0.05) is 22.6 Å². The van der Waals surface area contributed by atoms with Crippen LogP contribution in [-0.4, -0.2) is 30.7 Å². The Kier molecular flexibility index (Phi) is 4.87. The fraction of sp³-hybridized carbons (Fsp3) is 0.350. The highest BCUT2D eigenvalue weighted by molar-refractivity contribution is 5.85. The number of fused-ring (bicyclic) bond motifs is 3. The Morgan fingerprint density at radius 2 is 1.81 bits per heavy atom. The van der Waals surface area contributed by atoms with E-state index in [1.165, 1.54) is 6.07 Å². The number of halogens is 5. The highest BCUT2D eigenvalue weighted by Gasteiger charge is 2.59. The summed E-state index contributed by atoms with van der Waals surface area (Å²) in [5.74, 6) is -5.79. The van der Waals surface area contributed by atoms with Gasteiger partial charge in [-0.1, -0.05) is 20.8 Å². The average molecular weight is 450 g/mol. The number of aromatic nitrogens is 5. The molecular formula is C20H15F5N6O. The van der Waals surface area contributed by atoms with Gasteiger partial charge in [0.2, 0.25) is 6.39 Å². The van der Waals surface area contributed by atoms with Crippen LogP contribution in [0, 0.1) is 17.2 Å². The second kappa shape index (κ2) is 7.22. The summed E-state index contributed by atoms with van der Waals surface area (Å²) in [4.78, 5) is 8.61. The molecule has 0 radical (unpaired) electrons. The van der Waals surface area contributed by atoms with Crippen molar-refractivity contribution in [2.75, 3.05) is 0 Å². The molecule has 1 unspecified atom stereocenters. The molecule has 0 spiro atoms. The van der Waals surface area contributed by atoms with Crippen molar-refractivity contribution in [2.45, 2.75) is 38.8 Å². The summed E-state index contributed by atoms with van der Waals surface area (Å²) in [7, 11) is 0. The molecule has 0 saturated heterocycles. The zero-order valence-electron chi connectivity index (χ0n) is 16.9. The maximum atomic E-state index is 14.6. The molecule has 1 atom stereocenters. The van der Waals surface area contributed by atoms with E-state index in [4.69, 9.17) is 4.42 Å². The fourth-order valence-electron chi connectivity index (χ4n) is 3.33. The maximum absolute atomic E-state index is 14.6. The third-order valence-corrected chi connectivity index (χ3v) is 5.40. The predicted molar refractivity (Wildman–Crippen MR) is 102 cm³/mol. The van der Waals surface area contributed by atoms with Crippen molar-refractivity contribution < 1.29 is 26.4 Å². The number of hydrogen-bond acceptors (Lipinski definition) is 6. The van der Waals surface area contributed by atoms with Crippen molar-refractivity contribution >= 4 is 16.7 Å². The van der Waals surface area contributed by atoms with Crippen molar-refractivity contribution in [2.24, 2.45) is 5.92 Å². The van der Waals surface area contributed by atoms with Gasteiger partial charge in [-0.3, -0.25) is 4.40 Å². The molecule has 4 aromatic heterocycles.